The molecule has 2 aromatic heterocycles. The molecule has 0 bridgehead atoms. The molecular formula is C25H24N4O2. The number of carbonyl (C=O) groups excluding carboxylic acids is 1. The molecule has 0 fully saturated rings. The molecule has 0 atom stereocenters. The maximum atomic E-state index is 13.1. The number of hydrogen-bond donors (Lipinski definition) is 1. The summed E-state index contributed by atoms with van der Waals surface area (Å²) in [5, 5.41) is 2.93. The molecule has 1 amide bonds. The first kappa shape index (κ1) is 20.5. The van der Waals surface area contributed by atoms with Crippen molar-refractivity contribution in [3.05, 3.63) is 87.8 Å². The highest BCUT2D eigenvalue weighted by atomic mass is 16.1. The van der Waals surface area contributed by atoms with Crippen molar-refractivity contribution in [1.82, 2.24) is 14.5 Å². The number of rotatable bonds is 4. The molecule has 4 aromatic rings. The number of amides is 1. The van der Waals surface area contributed by atoms with Crippen LogP contribution in [0.5, 0.6) is 0 Å². The second-order valence-electron chi connectivity index (χ2n) is 7.98. The van der Waals surface area contributed by atoms with E-state index in [2.05, 4.69) is 21.4 Å². The quantitative estimate of drug-likeness (QED) is 0.517. The highest BCUT2D eigenvalue weighted by molar-refractivity contribution is 6.04. The molecule has 0 spiro atoms. The Bertz CT molecular complexity index is 1320. The van der Waals surface area contributed by atoms with E-state index in [0.717, 1.165) is 16.8 Å². The molecular weight excluding hydrogens is 388 g/mol. The van der Waals surface area contributed by atoms with Crippen molar-refractivity contribution in [3.63, 3.8) is 0 Å². The number of anilines is 1. The van der Waals surface area contributed by atoms with Crippen LogP contribution < -0.4 is 10.9 Å². The summed E-state index contributed by atoms with van der Waals surface area (Å²) in [4.78, 5) is 34.7. The Labute approximate surface area is 180 Å². The molecule has 6 heteroatoms. The summed E-state index contributed by atoms with van der Waals surface area (Å²) in [6.07, 6.45) is 1.66. The summed E-state index contributed by atoms with van der Waals surface area (Å²) in [5.74, 6) is -0.202. The van der Waals surface area contributed by atoms with E-state index in [-0.39, 0.29) is 17.5 Å². The molecule has 31 heavy (non-hydrogen) atoms. The fraction of sp³-hybridized carbons (Fsp3) is 0.200. The zero-order valence-electron chi connectivity index (χ0n) is 18.0. The minimum Gasteiger partial charge on any atom is -0.322 e. The molecule has 0 saturated heterocycles. The molecule has 1 N–H and O–H groups in total. The number of aromatic nitrogens is 3. The van der Waals surface area contributed by atoms with E-state index in [1.165, 1.54) is 0 Å². The number of aryl methyl sites for hydroxylation is 2. The normalized spacial score (nSPS) is 11.1. The van der Waals surface area contributed by atoms with Crippen molar-refractivity contribution < 1.29 is 4.79 Å². The molecule has 0 aliphatic heterocycles. The SMILES string of the molecule is Cc1cc(C)cc(NC(=O)c2ccc(-c3nc4cccnc4n(C(C)C)c3=O)cc2)c1. The predicted molar refractivity (Wildman–Crippen MR) is 123 cm³/mol. The third kappa shape index (κ3) is 4.10. The van der Waals surface area contributed by atoms with E-state index in [1.54, 1.807) is 41.1 Å². The maximum absolute atomic E-state index is 13.1. The van der Waals surface area contributed by atoms with Gasteiger partial charge in [-0.1, -0.05) is 18.2 Å². The van der Waals surface area contributed by atoms with Crippen LogP contribution in [0.25, 0.3) is 22.4 Å². The van der Waals surface area contributed by atoms with Gasteiger partial charge in [0.2, 0.25) is 0 Å². The number of hydrogen-bond acceptors (Lipinski definition) is 4. The number of nitrogens with zero attached hydrogens (tertiary/aromatic N) is 3. The Morgan fingerprint density at radius 3 is 2.32 bits per heavy atom. The largest absolute Gasteiger partial charge is 0.322 e. The number of benzene rings is 2. The zero-order chi connectivity index (χ0) is 22.1. The van der Waals surface area contributed by atoms with E-state index in [0.29, 0.717) is 28.0 Å². The average Bonchev–Trinajstić information content (AvgIpc) is 2.72. The highest BCUT2D eigenvalue weighted by Gasteiger charge is 2.16. The van der Waals surface area contributed by atoms with Crippen LogP contribution in [-0.2, 0) is 0 Å². The van der Waals surface area contributed by atoms with Crippen LogP contribution in [0.1, 0.15) is 41.4 Å². The summed E-state index contributed by atoms with van der Waals surface area (Å²) < 4.78 is 1.65. The van der Waals surface area contributed by atoms with Gasteiger partial charge < -0.3 is 5.32 Å². The van der Waals surface area contributed by atoms with Crippen LogP contribution in [0.15, 0.2) is 65.6 Å². The summed E-state index contributed by atoms with van der Waals surface area (Å²) in [6, 6.07) is 16.4. The maximum Gasteiger partial charge on any atom is 0.278 e. The predicted octanol–water partition coefficient (Wildman–Crippen LogP) is 4.91. The van der Waals surface area contributed by atoms with Gasteiger partial charge in [-0.2, -0.15) is 0 Å². The Morgan fingerprint density at radius 1 is 1.00 bits per heavy atom. The zero-order valence-corrected chi connectivity index (χ0v) is 18.0. The third-order valence-electron chi connectivity index (χ3n) is 5.06. The van der Waals surface area contributed by atoms with Crippen molar-refractivity contribution in [3.8, 4) is 11.3 Å². The molecule has 156 valence electrons. The van der Waals surface area contributed by atoms with E-state index >= 15 is 0 Å². The van der Waals surface area contributed by atoms with E-state index in [9.17, 15) is 9.59 Å². The molecule has 2 heterocycles. The Balaban J connectivity index is 1.68. The van der Waals surface area contributed by atoms with Crippen LogP contribution >= 0.6 is 0 Å². The molecule has 0 unspecified atom stereocenters. The molecule has 6 nitrogen and oxygen atoms in total. The fourth-order valence-electron chi connectivity index (χ4n) is 3.74. The number of nitrogens with one attached hydrogen (secondary N) is 1. The average molecular weight is 412 g/mol. The summed E-state index contributed by atoms with van der Waals surface area (Å²) in [5.41, 5.74) is 5.47. The molecule has 0 aliphatic carbocycles. The topological polar surface area (TPSA) is 76.9 Å². The highest BCUT2D eigenvalue weighted by Crippen LogP contribution is 2.20. The van der Waals surface area contributed by atoms with Gasteiger partial charge in [-0.3, -0.25) is 14.2 Å². The van der Waals surface area contributed by atoms with Crippen LogP contribution in [0, 0.1) is 13.8 Å². The minimum absolute atomic E-state index is 0.0607. The van der Waals surface area contributed by atoms with Gasteiger partial charge in [-0.05, 0) is 75.2 Å². The molecule has 0 radical (unpaired) electrons. The van der Waals surface area contributed by atoms with Gasteiger partial charge in [-0.15, -0.1) is 0 Å². The smallest absolute Gasteiger partial charge is 0.278 e. The monoisotopic (exact) mass is 412 g/mol. The van der Waals surface area contributed by atoms with Gasteiger partial charge in [-0.25, -0.2) is 9.97 Å². The van der Waals surface area contributed by atoms with Crippen LogP contribution in [0.3, 0.4) is 0 Å². The van der Waals surface area contributed by atoms with Gasteiger partial charge in [0.05, 0.1) is 0 Å². The summed E-state index contributed by atoms with van der Waals surface area (Å²) >= 11 is 0. The standard InChI is InChI=1S/C25H24N4O2/c1-15(2)29-23-21(6-5-11-26-23)28-22(25(29)31)18-7-9-19(10-8-18)24(30)27-20-13-16(3)12-17(4)14-20/h5-15H,1-4H3,(H,27,30). The van der Waals surface area contributed by atoms with Crippen LogP contribution in [-0.4, -0.2) is 20.4 Å². The molecule has 4 rings (SSSR count). The lowest BCUT2D eigenvalue weighted by Gasteiger charge is -2.14. The lowest BCUT2D eigenvalue weighted by atomic mass is 10.1. The number of carbonyl (C=O) groups is 1. The van der Waals surface area contributed by atoms with Crippen molar-refractivity contribution >= 4 is 22.8 Å². The summed E-state index contributed by atoms with van der Waals surface area (Å²) in [6.45, 7) is 7.88. The van der Waals surface area contributed by atoms with Crippen molar-refractivity contribution in [2.75, 3.05) is 5.32 Å². The lowest BCUT2D eigenvalue weighted by molar-refractivity contribution is 0.102. The first-order valence-electron chi connectivity index (χ1n) is 10.2. The number of fused-ring (bicyclic) bond motifs is 1. The molecule has 0 aliphatic rings. The first-order chi connectivity index (χ1) is 14.8. The van der Waals surface area contributed by atoms with E-state index in [4.69, 9.17) is 0 Å². The van der Waals surface area contributed by atoms with E-state index in [1.807, 2.05) is 45.9 Å². The first-order valence-corrected chi connectivity index (χ1v) is 10.2. The molecule has 0 saturated carbocycles. The van der Waals surface area contributed by atoms with Gasteiger partial charge in [0.15, 0.2) is 5.65 Å². The molecule has 2 aromatic carbocycles. The lowest BCUT2D eigenvalue weighted by Crippen LogP contribution is -2.25. The van der Waals surface area contributed by atoms with Gasteiger partial charge in [0.1, 0.15) is 11.2 Å². The van der Waals surface area contributed by atoms with Gasteiger partial charge in [0, 0.05) is 29.1 Å². The minimum atomic E-state index is -0.202. The van der Waals surface area contributed by atoms with Crippen LogP contribution in [0.2, 0.25) is 0 Å². The summed E-state index contributed by atoms with van der Waals surface area (Å²) in [7, 11) is 0. The van der Waals surface area contributed by atoms with Crippen LogP contribution in [0.4, 0.5) is 5.69 Å². The van der Waals surface area contributed by atoms with E-state index < -0.39 is 0 Å². The van der Waals surface area contributed by atoms with Gasteiger partial charge >= 0.3 is 0 Å². The van der Waals surface area contributed by atoms with Crippen molar-refractivity contribution in [2.45, 2.75) is 33.7 Å². The number of pyridine rings is 1. The third-order valence-corrected chi connectivity index (χ3v) is 5.06. The Hall–Kier alpha value is -3.80. The Kier molecular flexibility index (Phi) is 5.38. The van der Waals surface area contributed by atoms with Gasteiger partial charge in [0.25, 0.3) is 11.5 Å². The van der Waals surface area contributed by atoms with Crippen molar-refractivity contribution in [1.29, 1.82) is 0 Å². The Morgan fingerprint density at radius 2 is 1.68 bits per heavy atom. The second-order valence-corrected chi connectivity index (χ2v) is 7.98. The van der Waals surface area contributed by atoms with Crippen molar-refractivity contribution in [2.24, 2.45) is 0 Å². The second kappa shape index (κ2) is 8.14. The fourth-order valence-corrected chi connectivity index (χ4v) is 3.74.